The number of methoxy groups -OCH3 is 2. The maximum Gasteiger partial charge on any atom is 0.233 e. The zero-order valence-electron chi connectivity index (χ0n) is 14.5. The topological polar surface area (TPSA) is 76.7 Å². The van der Waals surface area contributed by atoms with E-state index < -0.39 is 5.91 Å². The molecule has 1 unspecified atom stereocenters. The van der Waals surface area contributed by atoms with E-state index >= 15 is 0 Å². The number of anilines is 1. The van der Waals surface area contributed by atoms with E-state index in [-0.39, 0.29) is 18.4 Å². The average molecular weight is 342 g/mol. The normalized spacial score (nSPS) is 11.3. The smallest absolute Gasteiger partial charge is 0.233 e. The number of hydrogen-bond donors (Lipinski definition) is 2. The first kappa shape index (κ1) is 18.3. The Morgan fingerprint density at radius 2 is 1.64 bits per heavy atom. The molecule has 2 amide bonds. The number of carbonyl (C=O) groups excluding carboxylic acids is 2. The molecule has 1 atom stereocenters. The number of hydrogen-bond acceptors (Lipinski definition) is 4. The second kappa shape index (κ2) is 8.73. The molecule has 6 heteroatoms. The molecule has 2 rings (SSSR count). The second-order valence-corrected chi connectivity index (χ2v) is 5.49. The zero-order chi connectivity index (χ0) is 18.2. The summed E-state index contributed by atoms with van der Waals surface area (Å²) in [5.74, 6) is 0.330. The van der Waals surface area contributed by atoms with Crippen molar-refractivity contribution in [2.45, 2.75) is 19.4 Å². The van der Waals surface area contributed by atoms with Gasteiger partial charge in [0.2, 0.25) is 11.8 Å². The fraction of sp³-hybridized carbons (Fsp3) is 0.263. The van der Waals surface area contributed by atoms with Crippen molar-refractivity contribution in [3.63, 3.8) is 0 Å². The molecule has 0 bridgehead atoms. The van der Waals surface area contributed by atoms with Gasteiger partial charge in [0.25, 0.3) is 0 Å². The monoisotopic (exact) mass is 342 g/mol. The molecule has 0 saturated heterocycles. The SMILES string of the molecule is COc1ccc(NC(=O)CC(=O)NC(C)c2ccccc2)cc1OC. The Balaban J connectivity index is 1.90. The van der Waals surface area contributed by atoms with Crippen molar-refractivity contribution in [2.75, 3.05) is 19.5 Å². The van der Waals surface area contributed by atoms with E-state index in [1.807, 2.05) is 37.3 Å². The lowest BCUT2D eigenvalue weighted by Crippen LogP contribution is -2.30. The molecular formula is C19H22N2O4. The lowest BCUT2D eigenvalue weighted by Gasteiger charge is -2.14. The fourth-order valence-electron chi connectivity index (χ4n) is 2.38. The molecule has 2 N–H and O–H groups in total. The number of benzene rings is 2. The van der Waals surface area contributed by atoms with Crippen molar-refractivity contribution >= 4 is 17.5 Å². The minimum atomic E-state index is -0.398. The van der Waals surface area contributed by atoms with Crippen LogP contribution >= 0.6 is 0 Å². The van der Waals surface area contributed by atoms with E-state index in [0.717, 1.165) is 5.56 Å². The van der Waals surface area contributed by atoms with E-state index in [1.54, 1.807) is 18.2 Å². The van der Waals surface area contributed by atoms with Crippen LogP contribution in [-0.4, -0.2) is 26.0 Å². The molecule has 0 aromatic heterocycles. The van der Waals surface area contributed by atoms with Crippen molar-refractivity contribution in [2.24, 2.45) is 0 Å². The van der Waals surface area contributed by atoms with Crippen LogP contribution in [0, 0.1) is 0 Å². The first-order valence-corrected chi connectivity index (χ1v) is 7.89. The lowest BCUT2D eigenvalue weighted by atomic mass is 10.1. The van der Waals surface area contributed by atoms with Crippen LogP contribution in [0.2, 0.25) is 0 Å². The number of rotatable bonds is 7. The van der Waals surface area contributed by atoms with Crippen LogP contribution in [0.15, 0.2) is 48.5 Å². The Morgan fingerprint density at radius 3 is 2.28 bits per heavy atom. The highest BCUT2D eigenvalue weighted by molar-refractivity contribution is 6.03. The van der Waals surface area contributed by atoms with E-state index in [2.05, 4.69) is 10.6 Å². The van der Waals surface area contributed by atoms with Gasteiger partial charge in [-0.1, -0.05) is 30.3 Å². The Hall–Kier alpha value is -3.02. The Morgan fingerprint density at radius 1 is 0.960 bits per heavy atom. The predicted molar refractivity (Wildman–Crippen MR) is 95.8 cm³/mol. The molecule has 0 aliphatic rings. The summed E-state index contributed by atoms with van der Waals surface area (Å²) in [5, 5.41) is 5.49. The summed E-state index contributed by atoms with van der Waals surface area (Å²) in [5.41, 5.74) is 1.52. The molecule has 0 saturated carbocycles. The van der Waals surface area contributed by atoms with E-state index in [4.69, 9.17) is 9.47 Å². The maximum absolute atomic E-state index is 12.1. The van der Waals surface area contributed by atoms with Crippen LogP contribution in [-0.2, 0) is 9.59 Å². The summed E-state index contributed by atoms with van der Waals surface area (Å²) < 4.78 is 10.3. The molecule has 132 valence electrons. The van der Waals surface area contributed by atoms with Gasteiger partial charge in [0, 0.05) is 11.8 Å². The molecular weight excluding hydrogens is 320 g/mol. The number of carbonyl (C=O) groups is 2. The van der Waals surface area contributed by atoms with Gasteiger partial charge >= 0.3 is 0 Å². The number of nitrogens with one attached hydrogen (secondary N) is 2. The van der Waals surface area contributed by atoms with Gasteiger partial charge in [0.05, 0.1) is 20.3 Å². The van der Waals surface area contributed by atoms with Gasteiger partial charge in [0.1, 0.15) is 6.42 Å². The molecule has 2 aromatic rings. The molecule has 0 aliphatic carbocycles. The largest absolute Gasteiger partial charge is 0.493 e. The van der Waals surface area contributed by atoms with Gasteiger partial charge in [-0.2, -0.15) is 0 Å². The number of ether oxygens (including phenoxy) is 2. The van der Waals surface area contributed by atoms with E-state index in [9.17, 15) is 9.59 Å². The fourth-order valence-corrected chi connectivity index (χ4v) is 2.38. The van der Waals surface area contributed by atoms with Crippen LogP contribution in [0.25, 0.3) is 0 Å². The van der Waals surface area contributed by atoms with E-state index in [0.29, 0.717) is 17.2 Å². The maximum atomic E-state index is 12.1. The first-order valence-electron chi connectivity index (χ1n) is 7.89. The highest BCUT2D eigenvalue weighted by Gasteiger charge is 2.14. The standard InChI is InChI=1S/C19H22N2O4/c1-13(14-7-5-4-6-8-14)20-18(22)12-19(23)21-15-9-10-16(24-2)17(11-15)25-3/h4-11,13H,12H2,1-3H3,(H,20,22)(H,21,23). The summed E-state index contributed by atoms with van der Waals surface area (Å²) in [6.45, 7) is 1.87. The average Bonchev–Trinajstić information content (AvgIpc) is 2.62. The molecule has 6 nitrogen and oxygen atoms in total. The van der Waals surface area contributed by atoms with Crippen LogP contribution in [0.1, 0.15) is 24.9 Å². The molecule has 0 fully saturated rings. The highest BCUT2D eigenvalue weighted by Crippen LogP contribution is 2.29. The molecule has 0 radical (unpaired) electrons. The second-order valence-electron chi connectivity index (χ2n) is 5.49. The van der Waals surface area contributed by atoms with Gasteiger partial charge in [-0.05, 0) is 24.6 Å². The summed E-state index contributed by atoms with van der Waals surface area (Å²) in [6, 6.07) is 14.4. The third-order valence-electron chi connectivity index (χ3n) is 3.67. The van der Waals surface area contributed by atoms with Crippen LogP contribution in [0.5, 0.6) is 11.5 Å². The summed E-state index contributed by atoms with van der Waals surface area (Å²) in [7, 11) is 3.05. The van der Waals surface area contributed by atoms with Crippen molar-refractivity contribution in [3.8, 4) is 11.5 Å². The van der Waals surface area contributed by atoms with Crippen LogP contribution in [0.4, 0.5) is 5.69 Å². The Labute approximate surface area is 147 Å². The van der Waals surface area contributed by atoms with Gasteiger partial charge in [-0.15, -0.1) is 0 Å². The lowest BCUT2D eigenvalue weighted by molar-refractivity contribution is -0.127. The highest BCUT2D eigenvalue weighted by atomic mass is 16.5. The summed E-state index contributed by atoms with van der Waals surface area (Å²) in [4.78, 5) is 24.1. The third kappa shape index (κ3) is 5.24. The first-order chi connectivity index (χ1) is 12.0. The van der Waals surface area contributed by atoms with Crippen LogP contribution < -0.4 is 20.1 Å². The van der Waals surface area contributed by atoms with Gasteiger partial charge in [-0.25, -0.2) is 0 Å². The molecule has 25 heavy (non-hydrogen) atoms. The Bertz CT molecular complexity index is 731. The zero-order valence-corrected chi connectivity index (χ0v) is 14.5. The van der Waals surface area contributed by atoms with Gasteiger partial charge in [-0.3, -0.25) is 9.59 Å². The van der Waals surface area contributed by atoms with Gasteiger partial charge < -0.3 is 20.1 Å². The van der Waals surface area contributed by atoms with Crippen LogP contribution in [0.3, 0.4) is 0 Å². The summed E-state index contributed by atoms with van der Waals surface area (Å²) in [6.07, 6.45) is -0.258. The number of amides is 2. The molecule has 0 heterocycles. The molecule has 0 spiro atoms. The predicted octanol–water partition coefficient (Wildman–Crippen LogP) is 2.91. The quantitative estimate of drug-likeness (QED) is 0.759. The molecule has 0 aliphatic heterocycles. The van der Waals surface area contributed by atoms with Crippen molar-refractivity contribution in [1.82, 2.24) is 5.32 Å². The van der Waals surface area contributed by atoms with E-state index in [1.165, 1.54) is 14.2 Å². The minimum absolute atomic E-state index is 0.164. The molecule has 2 aromatic carbocycles. The third-order valence-corrected chi connectivity index (χ3v) is 3.67. The van der Waals surface area contributed by atoms with Crippen molar-refractivity contribution in [3.05, 3.63) is 54.1 Å². The van der Waals surface area contributed by atoms with Crippen molar-refractivity contribution < 1.29 is 19.1 Å². The summed E-state index contributed by atoms with van der Waals surface area (Å²) >= 11 is 0. The van der Waals surface area contributed by atoms with Crippen molar-refractivity contribution in [1.29, 1.82) is 0 Å². The minimum Gasteiger partial charge on any atom is -0.493 e. The van der Waals surface area contributed by atoms with Gasteiger partial charge in [0.15, 0.2) is 11.5 Å². The Kier molecular flexibility index (Phi) is 6.39.